The van der Waals surface area contributed by atoms with Crippen molar-refractivity contribution in [2.24, 2.45) is 0 Å². The summed E-state index contributed by atoms with van der Waals surface area (Å²) >= 11 is 0. The van der Waals surface area contributed by atoms with Crippen LogP contribution in [-0.2, 0) is 13.6 Å². The largest absolute Gasteiger partial charge is 0.382 e. The first-order valence-electron chi connectivity index (χ1n) is 9.87. The molecule has 162 valence electrons. The maximum absolute atomic E-state index is 12.8. The summed E-state index contributed by atoms with van der Waals surface area (Å²) < 4.78 is 23.5. The predicted molar refractivity (Wildman–Crippen MR) is 122 cm³/mol. The number of anilines is 2. The SMILES string of the molecule is CCOP(=O)(OCC)c1ccc(NC(=O)c2nc(-c3ccc(C)cc3)cnc2N)cc1. The second-order valence-corrected chi connectivity index (χ2v) is 8.72. The van der Waals surface area contributed by atoms with Gasteiger partial charge in [-0.05, 0) is 45.0 Å². The lowest BCUT2D eigenvalue weighted by Crippen LogP contribution is -2.18. The topological polar surface area (TPSA) is 116 Å². The van der Waals surface area contributed by atoms with Crippen LogP contribution in [0.2, 0.25) is 0 Å². The second kappa shape index (κ2) is 9.83. The molecule has 0 atom stereocenters. The lowest BCUT2D eigenvalue weighted by molar-refractivity contribution is 0.102. The van der Waals surface area contributed by atoms with E-state index in [1.807, 2.05) is 31.2 Å². The van der Waals surface area contributed by atoms with E-state index in [9.17, 15) is 9.36 Å². The number of hydrogen-bond acceptors (Lipinski definition) is 7. The molecule has 0 saturated heterocycles. The molecule has 0 aliphatic heterocycles. The minimum atomic E-state index is -3.39. The minimum Gasteiger partial charge on any atom is -0.382 e. The molecule has 0 saturated carbocycles. The van der Waals surface area contributed by atoms with Gasteiger partial charge in [-0.25, -0.2) is 9.97 Å². The maximum atomic E-state index is 12.8. The fourth-order valence-corrected chi connectivity index (χ4v) is 4.44. The summed E-state index contributed by atoms with van der Waals surface area (Å²) in [7, 11) is -3.39. The molecule has 0 aliphatic rings. The van der Waals surface area contributed by atoms with Crippen LogP contribution in [-0.4, -0.2) is 29.1 Å². The van der Waals surface area contributed by atoms with Crippen LogP contribution in [0.15, 0.2) is 54.7 Å². The van der Waals surface area contributed by atoms with Crippen LogP contribution < -0.4 is 16.4 Å². The number of benzene rings is 2. The average molecular weight is 440 g/mol. The van der Waals surface area contributed by atoms with Crippen LogP contribution in [0.3, 0.4) is 0 Å². The van der Waals surface area contributed by atoms with Crippen molar-refractivity contribution in [3.05, 3.63) is 66.0 Å². The highest BCUT2D eigenvalue weighted by Gasteiger charge is 2.26. The van der Waals surface area contributed by atoms with E-state index in [1.165, 1.54) is 6.20 Å². The summed E-state index contributed by atoms with van der Waals surface area (Å²) in [5.41, 5.74) is 8.89. The zero-order valence-corrected chi connectivity index (χ0v) is 18.6. The van der Waals surface area contributed by atoms with E-state index in [2.05, 4.69) is 15.3 Å². The summed E-state index contributed by atoms with van der Waals surface area (Å²) in [6.45, 7) is 5.99. The molecule has 3 aromatic rings. The van der Waals surface area contributed by atoms with Crippen molar-refractivity contribution in [2.75, 3.05) is 24.3 Å². The van der Waals surface area contributed by atoms with Gasteiger partial charge in [0.25, 0.3) is 5.91 Å². The van der Waals surface area contributed by atoms with Crippen molar-refractivity contribution in [3.8, 4) is 11.3 Å². The Bertz CT molecular complexity index is 1090. The van der Waals surface area contributed by atoms with Gasteiger partial charge in [0.2, 0.25) is 0 Å². The Morgan fingerprint density at radius 2 is 1.65 bits per heavy atom. The van der Waals surface area contributed by atoms with Gasteiger partial charge in [-0.2, -0.15) is 0 Å². The quantitative estimate of drug-likeness (QED) is 0.505. The van der Waals surface area contributed by atoms with Gasteiger partial charge in [0.05, 0.1) is 30.4 Å². The van der Waals surface area contributed by atoms with Crippen molar-refractivity contribution in [1.82, 2.24) is 9.97 Å². The van der Waals surface area contributed by atoms with E-state index >= 15 is 0 Å². The molecule has 8 nitrogen and oxygen atoms in total. The molecule has 1 amide bonds. The van der Waals surface area contributed by atoms with Crippen molar-refractivity contribution < 1.29 is 18.4 Å². The molecule has 31 heavy (non-hydrogen) atoms. The Kier molecular flexibility index (Phi) is 7.17. The highest BCUT2D eigenvalue weighted by molar-refractivity contribution is 7.62. The number of carbonyl (C=O) groups excluding carboxylic acids is 1. The van der Waals surface area contributed by atoms with E-state index in [0.29, 0.717) is 16.7 Å². The molecule has 0 radical (unpaired) electrons. The van der Waals surface area contributed by atoms with E-state index in [4.69, 9.17) is 14.8 Å². The molecule has 0 spiro atoms. The molecule has 0 unspecified atom stereocenters. The number of rotatable bonds is 8. The van der Waals surface area contributed by atoms with Crippen molar-refractivity contribution >= 4 is 30.3 Å². The normalized spacial score (nSPS) is 11.3. The van der Waals surface area contributed by atoms with E-state index < -0.39 is 13.5 Å². The average Bonchev–Trinajstić information content (AvgIpc) is 2.75. The Morgan fingerprint density at radius 1 is 1.03 bits per heavy atom. The lowest BCUT2D eigenvalue weighted by atomic mass is 10.1. The third kappa shape index (κ3) is 5.35. The lowest BCUT2D eigenvalue weighted by Gasteiger charge is -2.17. The third-order valence-corrected chi connectivity index (χ3v) is 6.53. The monoisotopic (exact) mass is 440 g/mol. The van der Waals surface area contributed by atoms with Gasteiger partial charge in [-0.15, -0.1) is 0 Å². The van der Waals surface area contributed by atoms with E-state index in [-0.39, 0.29) is 24.7 Å². The van der Waals surface area contributed by atoms with Gasteiger partial charge in [0, 0.05) is 11.3 Å². The number of nitrogens with two attached hydrogens (primary N) is 1. The van der Waals surface area contributed by atoms with Gasteiger partial charge >= 0.3 is 7.60 Å². The van der Waals surface area contributed by atoms with Gasteiger partial charge < -0.3 is 20.1 Å². The number of carbonyl (C=O) groups is 1. The van der Waals surface area contributed by atoms with Crippen molar-refractivity contribution in [2.45, 2.75) is 20.8 Å². The number of hydrogen-bond donors (Lipinski definition) is 2. The van der Waals surface area contributed by atoms with E-state index in [0.717, 1.165) is 11.1 Å². The predicted octanol–water partition coefficient (Wildman–Crippen LogP) is 4.18. The number of aryl methyl sites for hydroxylation is 1. The molecule has 2 aromatic carbocycles. The maximum Gasteiger partial charge on any atom is 0.361 e. The smallest absolute Gasteiger partial charge is 0.361 e. The Labute approximate surface area is 181 Å². The first-order chi connectivity index (χ1) is 14.9. The van der Waals surface area contributed by atoms with E-state index in [1.54, 1.807) is 38.1 Å². The third-order valence-electron chi connectivity index (χ3n) is 4.40. The fraction of sp³-hybridized carbons (Fsp3) is 0.227. The summed E-state index contributed by atoms with van der Waals surface area (Å²) in [5.74, 6) is -0.466. The Hall–Kier alpha value is -3.06. The number of aromatic nitrogens is 2. The molecule has 0 bridgehead atoms. The molecule has 0 aliphatic carbocycles. The number of amides is 1. The minimum absolute atomic E-state index is 0.0245. The van der Waals surface area contributed by atoms with Crippen LogP contribution in [0.25, 0.3) is 11.3 Å². The molecule has 0 fully saturated rings. The summed E-state index contributed by atoms with van der Waals surface area (Å²) in [6.07, 6.45) is 1.53. The van der Waals surface area contributed by atoms with Crippen LogP contribution in [0.4, 0.5) is 11.5 Å². The number of nitrogen functional groups attached to an aromatic ring is 1. The molecular weight excluding hydrogens is 415 g/mol. The zero-order chi connectivity index (χ0) is 22.4. The van der Waals surface area contributed by atoms with Crippen molar-refractivity contribution in [1.29, 1.82) is 0 Å². The van der Waals surface area contributed by atoms with Crippen LogP contribution in [0, 0.1) is 6.92 Å². The molecule has 3 rings (SSSR count). The highest BCUT2D eigenvalue weighted by Crippen LogP contribution is 2.46. The highest BCUT2D eigenvalue weighted by atomic mass is 31.2. The van der Waals surface area contributed by atoms with Crippen LogP contribution in [0.1, 0.15) is 29.9 Å². The van der Waals surface area contributed by atoms with Gasteiger partial charge in [-0.1, -0.05) is 29.8 Å². The Balaban J connectivity index is 1.81. The Morgan fingerprint density at radius 3 is 2.23 bits per heavy atom. The van der Waals surface area contributed by atoms with Gasteiger partial charge in [0.1, 0.15) is 0 Å². The van der Waals surface area contributed by atoms with Crippen LogP contribution >= 0.6 is 7.60 Å². The molecule has 1 heterocycles. The molecule has 1 aromatic heterocycles. The van der Waals surface area contributed by atoms with Crippen molar-refractivity contribution in [3.63, 3.8) is 0 Å². The summed E-state index contributed by atoms with van der Waals surface area (Å²) in [4.78, 5) is 21.3. The zero-order valence-electron chi connectivity index (χ0n) is 17.7. The standard InChI is InChI=1S/C22H25N4O4P/c1-4-29-31(28,30-5-2)18-12-10-17(11-13-18)25-22(27)20-21(23)24-14-19(26-20)16-8-6-15(3)7-9-16/h6-14H,4-5H2,1-3H3,(H2,23,24)(H,25,27). The summed E-state index contributed by atoms with van der Waals surface area (Å²) in [6, 6.07) is 14.2. The second-order valence-electron chi connectivity index (χ2n) is 6.69. The fourth-order valence-electron chi connectivity index (χ4n) is 2.87. The first-order valence-corrected chi connectivity index (χ1v) is 11.4. The number of nitrogens with one attached hydrogen (secondary N) is 1. The number of nitrogens with zero attached hydrogens (tertiary/aromatic N) is 2. The van der Waals surface area contributed by atoms with Gasteiger partial charge in [0.15, 0.2) is 11.5 Å². The van der Waals surface area contributed by atoms with Gasteiger partial charge in [-0.3, -0.25) is 9.36 Å². The van der Waals surface area contributed by atoms with Crippen LogP contribution in [0.5, 0.6) is 0 Å². The molecular formula is C22H25N4O4P. The first kappa shape index (κ1) is 22.6. The summed E-state index contributed by atoms with van der Waals surface area (Å²) in [5, 5.41) is 3.15. The molecule has 9 heteroatoms. The molecule has 3 N–H and O–H groups in total.